The number of nitrogen functional groups attached to an aromatic ring is 1. The van der Waals surface area contributed by atoms with E-state index in [0.717, 1.165) is 18.2 Å². The van der Waals surface area contributed by atoms with Gasteiger partial charge in [0.15, 0.2) is 11.0 Å². The van der Waals surface area contributed by atoms with Crippen LogP contribution in [0.2, 0.25) is 0 Å². The molecule has 0 aliphatic heterocycles. The standard InChI is InChI=1S/C21H21N5O3S/c1-2-13-8-10-15(11-9-13)23-16(27)12-30-21-25-18(22)17(20(29)26-21)24-19(28)14-6-4-3-5-7-14/h3-11H,2,12H2,1H3,(H,23,27)(H,24,28)(H3,22,25,26,29). The number of thioether (sulfide) groups is 1. The zero-order valence-electron chi connectivity index (χ0n) is 16.3. The summed E-state index contributed by atoms with van der Waals surface area (Å²) in [6, 6.07) is 16.0. The maximum atomic E-state index is 12.3. The number of nitrogens with two attached hydrogens (primary N) is 1. The third-order valence-electron chi connectivity index (χ3n) is 4.19. The Morgan fingerprint density at radius 1 is 1.07 bits per heavy atom. The molecule has 0 fully saturated rings. The predicted octanol–water partition coefficient (Wildman–Crippen LogP) is 2.90. The minimum Gasteiger partial charge on any atom is -0.382 e. The normalized spacial score (nSPS) is 10.4. The van der Waals surface area contributed by atoms with Crippen LogP contribution in [0.25, 0.3) is 0 Å². The van der Waals surface area contributed by atoms with E-state index in [1.54, 1.807) is 30.3 Å². The molecule has 1 aromatic heterocycles. The van der Waals surface area contributed by atoms with Crippen molar-refractivity contribution in [2.24, 2.45) is 0 Å². The number of hydrogen-bond donors (Lipinski definition) is 4. The lowest BCUT2D eigenvalue weighted by Crippen LogP contribution is -2.23. The van der Waals surface area contributed by atoms with Crippen molar-refractivity contribution in [3.8, 4) is 0 Å². The molecule has 154 valence electrons. The number of benzene rings is 2. The van der Waals surface area contributed by atoms with Gasteiger partial charge in [-0.3, -0.25) is 19.4 Å². The van der Waals surface area contributed by atoms with Crippen molar-refractivity contribution in [3.05, 3.63) is 76.1 Å². The number of aryl methyl sites for hydroxylation is 1. The molecule has 0 saturated carbocycles. The van der Waals surface area contributed by atoms with Crippen molar-refractivity contribution in [1.82, 2.24) is 9.97 Å². The number of nitrogens with one attached hydrogen (secondary N) is 3. The molecular weight excluding hydrogens is 402 g/mol. The Hall–Kier alpha value is -3.59. The van der Waals surface area contributed by atoms with E-state index >= 15 is 0 Å². The highest BCUT2D eigenvalue weighted by atomic mass is 32.2. The van der Waals surface area contributed by atoms with Crippen molar-refractivity contribution >= 4 is 40.8 Å². The van der Waals surface area contributed by atoms with Gasteiger partial charge in [-0.05, 0) is 36.2 Å². The van der Waals surface area contributed by atoms with E-state index in [2.05, 4.69) is 27.5 Å². The van der Waals surface area contributed by atoms with Crippen molar-refractivity contribution in [2.45, 2.75) is 18.5 Å². The van der Waals surface area contributed by atoms with Gasteiger partial charge in [0.05, 0.1) is 5.75 Å². The SMILES string of the molecule is CCc1ccc(NC(=O)CSc2nc(N)c(NC(=O)c3ccccc3)c(=O)[nH]2)cc1. The van der Waals surface area contributed by atoms with Gasteiger partial charge in [-0.25, -0.2) is 4.98 Å². The highest BCUT2D eigenvalue weighted by Crippen LogP contribution is 2.18. The highest BCUT2D eigenvalue weighted by Gasteiger charge is 2.14. The van der Waals surface area contributed by atoms with E-state index < -0.39 is 11.5 Å². The summed E-state index contributed by atoms with van der Waals surface area (Å²) < 4.78 is 0. The monoisotopic (exact) mass is 423 g/mol. The molecule has 3 aromatic rings. The van der Waals surface area contributed by atoms with Crippen LogP contribution in [0.1, 0.15) is 22.8 Å². The summed E-state index contributed by atoms with van der Waals surface area (Å²) in [5.74, 6) is -0.801. The second-order valence-corrected chi connectivity index (χ2v) is 7.30. The van der Waals surface area contributed by atoms with Gasteiger partial charge in [-0.1, -0.05) is 49.0 Å². The summed E-state index contributed by atoms with van der Waals surface area (Å²) in [7, 11) is 0. The van der Waals surface area contributed by atoms with Gasteiger partial charge < -0.3 is 16.4 Å². The molecule has 2 amide bonds. The number of hydrogen-bond acceptors (Lipinski definition) is 6. The second-order valence-electron chi connectivity index (χ2n) is 6.34. The van der Waals surface area contributed by atoms with Gasteiger partial charge in [0, 0.05) is 11.3 Å². The largest absolute Gasteiger partial charge is 0.382 e. The molecule has 0 aliphatic rings. The lowest BCUT2D eigenvalue weighted by Gasteiger charge is -2.09. The van der Waals surface area contributed by atoms with Gasteiger partial charge in [0.1, 0.15) is 5.69 Å². The van der Waals surface area contributed by atoms with Gasteiger partial charge in [0.25, 0.3) is 11.5 Å². The third-order valence-corrected chi connectivity index (χ3v) is 5.06. The number of aromatic amines is 1. The summed E-state index contributed by atoms with van der Waals surface area (Å²) in [4.78, 5) is 43.3. The van der Waals surface area contributed by atoms with Crippen LogP contribution in [-0.4, -0.2) is 27.5 Å². The molecule has 0 radical (unpaired) electrons. The fraction of sp³-hybridized carbons (Fsp3) is 0.143. The highest BCUT2D eigenvalue weighted by molar-refractivity contribution is 7.99. The Morgan fingerprint density at radius 2 is 1.77 bits per heavy atom. The van der Waals surface area contributed by atoms with Crippen LogP contribution in [0.5, 0.6) is 0 Å². The summed E-state index contributed by atoms with van der Waals surface area (Å²) in [5, 5.41) is 5.44. The molecule has 0 atom stereocenters. The molecule has 0 unspecified atom stereocenters. The molecule has 2 aromatic carbocycles. The van der Waals surface area contributed by atoms with E-state index in [4.69, 9.17) is 5.73 Å². The molecular formula is C21H21N5O3S. The van der Waals surface area contributed by atoms with E-state index in [1.165, 1.54) is 5.56 Å². The topological polar surface area (TPSA) is 130 Å². The first-order valence-electron chi connectivity index (χ1n) is 9.24. The molecule has 3 rings (SSSR count). The van der Waals surface area contributed by atoms with Crippen LogP contribution in [0, 0.1) is 0 Å². The summed E-state index contributed by atoms with van der Waals surface area (Å²) in [5.41, 5.74) is 7.38. The van der Waals surface area contributed by atoms with Crippen LogP contribution in [0.3, 0.4) is 0 Å². The zero-order chi connectivity index (χ0) is 21.5. The Morgan fingerprint density at radius 3 is 2.40 bits per heavy atom. The average molecular weight is 423 g/mol. The molecule has 30 heavy (non-hydrogen) atoms. The minimum absolute atomic E-state index is 0.0353. The van der Waals surface area contributed by atoms with E-state index in [1.807, 2.05) is 24.3 Å². The summed E-state index contributed by atoms with van der Waals surface area (Å²) in [6.45, 7) is 2.06. The predicted molar refractivity (Wildman–Crippen MR) is 119 cm³/mol. The number of H-pyrrole nitrogens is 1. The quantitative estimate of drug-likeness (QED) is 0.341. The number of rotatable bonds is 7. The molecule has 0 saturated heterocycles. The van der Waals surface area contributed by atoms with Crippen molar-refractivity contribution in [2.75, 3.05) is 22.1 Å². The third kappa shape index (κ3) is 5.48. The Labute approximate surface area is 177 Å². The zero-order valence-corrected chi connectivity index (χ0v) is 17.1. The van der Waals surface area contributed by atoms with Crippen molar-refractivity contribution in [1.29, 1.82) is 0 Å². The number of nitrogens with zero attached hydrogens (tertiary/aromatic N) is 1. The van der Waals surface area contributed by atoms with Gasteiger partial charge >= 0.3 is 0 Å². The smallest absolute Gasteiger partial charge is 0.277 e. The minimum atomic E-state index is -0.593. The Balaban J connectivity index is 1.61. The van der Waals surface area contributed by atoms with E-state index in [9.17, 15) is 14.4 Å². The molecule has 1 heterocycles. The van der Waals surface area contributed by atoms with Gasteiger partial charge in [-0.15, -0.1) is 0 Å². The van der Waals surface area contributed by atoms with Crippen LogP contribution in [0.4, 0.5) is 17.2 Å². The molecule has 0 aliphatic carbocycles. The number of carbonyl (C=O) groups is 2. The Kier molecular flexibility index (Phi) is 6.87. The second kappa shape index (κ2) is 9.75. The lowest BCUT2D eigenvalue weighted by molar-refractivity contribution is -0.113. The molecule has 9 heteroatoms. The van der Waals surface area contributed by atoms with Gasteiger partial charge in [0.2, 0.25) is 5.91 Å². The molecule has 0 bridgehead atoms. The number of carbonyl (C=O) groups excluding carboxylic acids is 2. The molecule has 0 spiro atoms. The molecule has 8 nitrogen and oxygen atoms in total. The van der Waals surface area contributed by atoms with Crippen LogP contribution in [-0.2, 0) is 11.2 Å². The molecule has 5 N–H and O–H groups in total. The van der Waals surface area contributed by atoms with Crippen LogP contribution in [0.15, 0.2) is 64.5 Å². The summed E-state index contributed by atoms with van der Waals surface area (Å²) >= 11 is 1.04. The fourth-order valence-electron chi connectivity index (χ4n) is 2.59. The maximum absolute atomic E-state index is 12.3. The van der Waals surface area contributed by atoms with E-state index in [-0.39, 0.29) is 28.3 Å². The van der Waals surface area contributed by atoms with E-state index in [0.29, 0.717) is 11.3 Å². The van der Waals surface area contributed by atoms with Crippen LogP contribution < -0.4 is 21.9 Å². The number of amides is 2. The summed E-state index contributed by atoms with van der Waals surface area (Å²) in [6.07, 6.45) is 0.923. The first kappa shape index (κ1) is 21.1. The average Bonchev–Trinajstić information content (AvgIpc) is 2.76. The van der Waals surface area contributed by atoms with Crippen molar-refractivity contribution < 1.29 is 9.59 Å². The number of anilines is 3. The van der Waals surface area contributed by atoms with Gasteiger partial charge in [-0.2, -0.15) is 0 Å². The lowest BCUT2D eigenvalue weighted by atomic mass is 10.1. The van der Waals surface area contributed by atoms with Crippen molar-refractivity contribution in [3.63, 3.8) is 0 Å². The van der Waals surface area contributed by atoms with Crippen LogP contribution >= 0.6 is 11.8 Å². The number of aromatic nitrogens is 2. The first-order valence-corrected chi connectivity index (χ1v) is 10.2. The first-order chi connectivity index (χ1) is 14.5. The fourth-order valence-corrected chi connectivity index (χ4v) is 3.26. The maximum Gasteiger partial charge on any atom is 0.277 e. The Bertz CT molecular complexity index is 1100.